The summed E-state index contributed by atoms with van der Waals surface area (Å²) in [5.41, 5.74) is 15.8. The van der Waals surface area contributed by atoms with Gasteiger partial charge in [0.05, 0.1) is 13.2 Å². The summed E-state index contributed by atoms with van der Waals surface area (Å²) in [7, 11) is 0. The molecular formula is C25H32N6O4. The molecule has 1 atom stereocenters. The van der Waals surface area contributed by atoms with Crippen molar-refractivity contribution in [2.75, 3.05) is 26.4 Å². The predicted molar refractivity (Wildman–Crippen MR) is 133 cm³/mol. The molecule has 10 nitrogen and oxygen atoms in total. The van der Waals surface area contributed by atoms with Crippen LogP contribution < -0.4 is 15.6 Å². The molecule has 186 valence electrons. The van der Waals surface area contributed by atoms with E-state index in [4.69, 9.17) is 25.1 Å². The van der Waals surface area contributed by atoms with Gasteiger partial charge >= 0.3 is 0 Å². The molecule has 3 N–H and O–H groups in total. The van der Waals surface area contributed by atoms with Gasteiger partial charge in [-0.1, -0.05) is 43.2 Å². The van der Waals surface area contributed by atoms with E-state index in [1.165, 1.54) is 0 Å². The number of carbonyl (C=O) groups is 1. The van der Waals surface area contributed by atoms with E-state index < -0.39 is 5.54 Å². The van der Waals surface area contributed by atoms with Crippen molar-refractivity contribution < 1.29 is 19.4 Å². The number of rotatable bonds is 13. The van der Waals surface area contributed by atoms with Gasteiger partial charge in [0.2, 0.25) is 5.90 Å². The summed E-state index contributed by atoms with van der Waals surface area (Å²) in [6.07, 6.45) is 0.840. The Bertz CT molecular complexity index is 1070. The molecule has 1 heterocycles. The lowest BCUT2D eigenvalue weighted by molar-refractivity contribution is -0.127. The number of carbonyl (C=O) groups excluding carboxylic acids is 1. The monoisotopic (exact) mass is 480 g/mol. The summed E-state index contributed by atoms with van der Waals surface area (Å²) in [6.45, 7) is 5.47. The number of hydrogen-bond acceptors (Lipinski definition) is 7. The van der Waals surface area contributed by atoms with Crippen LogP contribution in [0.3, 0.4) is 0 Å². The summed E-state index contributed by atoms with van der Waals surface area (Å²) in [4.78, 5) is 21.0. The molecule has 0 fully saturated rings. The van der Waals surface area contributed by atoms with Crippen molar-refractivity contribution in [3.8, 4) is 5.75 Å². The zero-order valence-corrected chi connectivity index (χ0v) is 20.1. The maximum atomic E-state index is 13.4. The van der Waals surface area contributed by atoms with Crippen LogP contribution in [0, 0.1) is 5.92 Å². The predicted octanol–water partition coefficient (Wildman–Crippen LogP) is 3.29. The summed E-state index contributed by atoms with van der Waals surface area (Å²) in [6, 6.07) is 14.8. The van der Waals surface area contributed by atoms with Crippen LogP contribution >= 0.6 is 0 Å². The first kappa shape index (κ1) is 26.0. The third-order valence-electron chi connectivity index (χ3n) is 5.48. The SMILES string of the molecule is CC(C)CNNC(=O)[C@]1(Cc2ccccc2CN=[N+]=[N-])COC(c2ccc(OCCCO)cc2)=N1. The Morgan fingerprint density at radius 3 is 2.69 bits per heavy atom. The molecule has 0 saturated heterocycles. The molecule has 1 aliphatic rings. The van der Waals surface area contributed by atoms with E-state index in [0.717, 1.165) is 16.7 Å². The lowest BCUT2D eigenvalue weighted by Crippen LogP contribution is -2.53. The lowest BCUT2D eigenvalue weighted by Gasteiger charge is -2.24. The Kier molecular flexibility index (Phi) is 9.48. The number of aliphatic imine (C=N–C) groups is 1. The van der Waals surface area contributed by atoms with Gasteiger partial charge in [0.25, 0.3) is 5.91 Å². The van der Waals surface area contributed by atoms with Gasteiger partial charge in [-0.25, -0.2) is 10.4 Å². The largest absolute Gasteiger partial charge is 0.494 e. The van der Waals surface area contributed by atoms with Crippen LogP contribution in [0.1, 0.15) is 37.0 Å². The smallest absolute Gasteiger partial charge is 0.266 e. The number of amides is 1. The van der Waals surface area contributed by atoms with E-state index in [9.17, 15) is 4.79 Å². The average molecular weight is 481 g/mol. The highest BCUT2D eigenvalue weighted by molar-refractivity contribution is 6.00. The Balaban J connectivity index is 1.87. The standard InChI is InChI=1S/C25H32N6O4/c1-18(2)15-27-30-24(33)25(14-20-6-3-4-7-21(20)16-28-31-26)17-35-23(29-25)19-8-10-22(11-9-19)34-13-5-12-32/h3-4,6-11,18,27,32H,5,12-17H2,1-2H3,(H,30,33)/t25-/m0/s1. The first-order valence-corrected chi connectivity index (χ1v) is 11.6. The van der Waals surface area contributed by atoms with Crippen molar-refractivity contribution in [3.05, 3.63) is 75.7 Å². The molecule has 0 aromatic heterocycles. The van der Waals surface area contributed by atoms with Crippen molar-refractivity contribution in [2.24, 2.45) is 16.0 Å². The van der Waals surface area contributed by atoms with Crippen molar-refractivity contribution in [3.63, 3.8) is 0 Å². The van der Waals surface area contributed by atoms with Gasteiger partial charge in [-0.2, -0.15) is 0 Å². The summed E-state index contributed by atoms with van der Waals surface area (Å²) in [5, 5.41) is 12.6. The lowest BCUT2D eigenvalue weighted by atomic mass is 9.89. The van der Waals surface area contributed by atoms with E-state index in [1.54, 1.807) is 12.1 Å². The molecule has 0 radical (unpaired) electrons. The second-order valence-corrected chi connectivity index (χ2v) is 8.75. The molecule has 1 aliphatic heterocycles. The number of azide groups is 1. The number of nitrogens with one attached hydrogen (secondary N) is 2. The molecular weight excluding hydrogens is 448 g/mol. The number of aliphatic hydroxyl groups is 1. The first-order chi connectivity index (χ1) is 17.0. The van der Waals surface area contributed by atoms with Gasteiger partial charge in [0, 0.05) is 36.5 Å². The molecule has 0 aliphatic carbocycles. The highest BCUT2D eigenvalue weighted by Gasteiger charge is 2.45. The van der Waals surface area contributed by atoms with Gasteiger partial charge in [-0.05, 0) is 46.8 Å². The Morgan fingerprint density at radius 1 is 1.26 bits per heavy atom. The number of hydrazine groups is 1. The highest BCUT2D eigenvalue weighted by atomic mass is 16.5. The highest BCUT2D eigenvalue weighted by Crippen LogP contribution is 2.29. The maximum absolute atomic E-state index is 13.4. The fourth-order valence-corrected chi connectivity index (χ4v) is 3.59. The molecule has 10 heteroatoms. The van der Waals surface area contributed by atoms with Gasteiger partial charge < -0.3 is 14.6 Å². The van der Waals surface area contributed by atoms with Crippen molar-refractivity contribution in [1.29, 1.82) is 0 Å². The maximum Gasteiger partial charge on any atom is 0.266 e. The molecule has 35 heavy (non-hydrogen) atoms. The van der Waals surface area contributed by atoms with Crippen molar-refractivity contribution in [2.45, 2.75) is 38.8 Å². The molecule has 0 bridgehead atoms. The van der Waals surface area contributed by atoms with Crippen molar-refractivity contribution in [1.82, 2.24) is 10.9 Å². The van der Waals surface area contributed by atoms with Crippen LogP contribution in [0.25, 0.3) is 10.4 Å². The van der Waals surface area contributed by atoms with Crippen molar-refractivity contribution >= 4 is 11.8 Å². The second-order valence-electron chi connectivity index (χ2n) is 8.75. The average Bonchev–Trinajstić information content (AvgIpc) is 3.29. The molecule has 0 unspecified atom stereocenters. The van der Waals surface area contributed by atoms with Crippen LogP contribution in [0.4, 0.5) is 0 Å². The van der Waals surface area contributed by atoms with E-state index >= 15 is 0 Å². The van der Waals surface area contributed by atoms with Crippen LogP contribution in [-0.4, -0.2) is 48.8 Å². The minimum absolute atomic E-state index is 0.0716. The summed E-state index contributed by atoms with van der Waals surface area (Å²) in [5.74, 6) is 1.11. The van der Waals surface area contributed by atoms with E-state index in [1.807, 2.05) is 50.2 Å². The topological polar surface area (TPSA) is 141 Å². The summed E-state index contributed by atoms with van der Waals surface area (Å²) < 4.78 is 11.5. The van der Waals surface area contributed by atoms with Gasteiger partial charge in [0.1, 0.15) is 12.4 Å². The van der Waals surface area contributed by atoms with Crippen LogP contribution in [0.5, 0.6) is 5.75 Å². The number of aliphatic hydroxyl groups excluding tert-OH is 1. The molecule has 1 amide bonds. The Hall–Kier alpha value is -3.59. The Labute approximate surface area is 205 Å². The number of ether oxygens (including phenoxy) is 2. The molecule has 0 saturated carbocycles. The fraction of sp³-hybridized carbons (Fsp3) is 0.440. The van der Waals surface area contributed by atoms with Gasteiger partial charge in [-0.15, -0.1) is 0 Å². The Morgan fingerprint density at radius 2 is 2.00 bits per heavy atom. The number of benzene rings is 2. The first-order valence-electron chi connectivity index (χ1n) is 11.6. The summed E-state index contributed by atoms with van der Waals surface area (Å²) >= 11 is 0. The minimum Gasteiger partial charge on any atom is -0.494 e. The van der Waals surface area contributed by atoms with Crippen LogP contribution in [-0.2, 0) is 22.5 Å². The van der Waals surface area contributed by atoms with Gasteiger partial charge in [0.15, 0.2) is 5.54 Å². The zero-order chi connectivity index (χ0) is 25.1. The van der Waals surface area contributed by atoms with E-state index in [2.05, 4.69) is 20.9 Å². The molecule has 2 aromatic carbocycles. The molecule has 3 rings (SSSR count). The van der Waals surface area contributed by atoms with Crippen LogP contribution in [0.2, 0.25) is 0 Å². The second kappa shape index (κ2) is 12.8. The van der Waals surface area contributed by atoms with Crippen LogP contribution in [0.15, 0.2) is 58.6 Å². The van der Waals surface area contributed by atoms with E-state index in [-0.39, 0.29) is 32.1 Å². The van der Waals surface area contributed by atoms with E-state index in [0.29, 0.717) is 37.1 Å². The fourth-order valence-electron chi connectivity index (χ4n) is 3.59. The minimum atomic E-state index is -1.19. The third kappa shape index (κ3) is 7.19. The van der Waals surface area contributed by atoms with Gasteiger partial charge in [-0.3, -0.25) is 10.2 Å². The normalized spacial score (nSPS) is 16.9. The third-order valence-corrected chi connectivity index (χ3v) is 5.48. The number of nitrogens with zero attached hydrogens (tertiary/aromatic N) is 4. The molecule has 0 spiro atoms. The molecule has 2 aromatic rings. The quantitative estimate of drug-likeness (QED) is 0.133. The number of hydrogen-bond donors (Lipinski definition) is 3. The zero-order valence-electron chi connectivity index (χ0n) is 20.1.